The van der Waals surface area contributed by atoms with Crippen LogP contribution in [0.3, 0.4) is 0 Å². The van der Waals surface area contributed by atoms with Crippen molar-refractivity contribution in [3.8, 4) is 0 Å². The smallest absolute Gasteiger partial charge is 0.348 e. The van der Waals surface area contributed by atoms with Gasteiger partial charge in [0.05, 0.1) is 21.3 Å². The number of cyclic esters (lactones) is 2. The Kier molecular flexibility index (Phi) is 1.69. The minimum absolute atomic E-state index is 0.225. The van der Waals surface area contributed by atoms with E-state index in [4.69, 9.17) is 0 Å². The van der Waals surface area contributed by atoms with Crippen LogP contribution in [0.2, 0.25) is 0 Å². The number of pyridine rings is 1. The Hall–Kier alpha value is -1.23. The van der Waals surface area contributed by atoms with E-state index in [0.29, 0.717) is 10.2 Å². The number of carbonyl (C=O) groups excluding carboxylic acids is 2. The first kappa shape index (κ1) is 8.37. The molecule has 0 amide bonds. The van der Waals surface area contributed by atoms with E-state index in [-0.39, 0.29) is 11.1 Å². The van der Waals surface area contributed by atoms with Crippen molar-refractivity contribution in [1.82, 2.24) is 4.98 Å². The van der Waals surface area contributed by atoms with Gasteiger partial charge in [0.15, 0.2) is 0 Å². The van der Waals surface area contributed by atoms with Crippen molar-refractivity contribution in [3.05, 3.63) is 27.5 Å². The van der Waals surface area contributed by atoms with Gasteiger partial charge in [-0.15, -0.1) is 0 Å². The molecule has 13 heavy (non-hydrogen) atoms. The van der Waals surface area contributed by atoms with Crippen LogP contribution in [-0.4, -0.2) is 16.9 Å². The van der Waals surface area contributed by atoms with E-state index in [1.165, 1.54) is 6.20 Å². The van der Waals surface area contributed by atoms with Crippen molar-refractivity contribution >= 4 is 27.9 Å². The van der Waals surface area contributed by atoms with Crippen LogP contribution in [0.5, 0.6) is 0 Å². The Labute approximate surface area is 82.0 Å². The number of aromatic nitrogens is 1. The fourth-order valence-electron chi connectivity index (χ4n) is 1.13. The Morgan fingerprint density at radius 3 is 2.77 bits per heavy atom. The van der Waals surface area contributed by atoms with Crippen LogP contribution in [0.15, 0.2) is 10.7 Å². The SMILES string of the molecule is Cc1ncc2c(c1Br)C(=O)OC2=O. The van der Waals surface area contributed by atoms with Crippen LogP contribution in [0, 0.1) is 6.92 Å². The molecule has 2 heterocycles. The molecule has 0 N–H and O–H groups in total. The van der Waals surface area contributed by atoms with E-state index >= 15 is 0 Å². The summed E-state index contributed by atoms with van der Waals surface area (Å²) in [7, 11) is 0. The second kappa shape index (κ2) is 2.63. The molecule has 0 spiro atoms. The summed E-state index contributed by atoms with van der Waals surface area (Å²) in [5.74, 6) is -1.24. The lowest BCUT2D eigenvalue weighted by atomic mass is 10.1. The van der Waals surface area contributed by atoms with Gasteiger partial charge in [0.1, 0.15) is 0 Å². The highest BCUT2D eigenvalue weighted by atomic mass is 79.9. The number of nitrogens with zero attached hydrogens (tertiary/aromatic N) is 1. The number of esters is 2. The Bertz CT molecular complexity index is 428. The van der Waals surface area contributed by atoms with Gasteiger partial charge in [-0.3, -0.25) is 4.98 Å². The van der Waals surface area contributed by atoms with Crippen LogP contribution < -0.4 is 0 Å². The second-order valence-corrected chi connectivity index (χ2v) is 3.42. The number of hydrogen-bond donors (Lipinski definition) is 0. The van der Waals surface area contributed by atoms with E-state index in [9.17, 15) is 9.59 Å². The van der Waals surface area contributed by atoms with Gasteiger partial charge in [0.25, 0.3) is 0 Å². The minimum Gasteiger partial charge on any atom is -0.386 e. The third kappa shape index (κ3) is 1.07. The summed E-state index contributed by atoms with van der Waals surface area (Å²) in [6.45, 7) is 1.74. The number of halogens is 1. The molecule has 1 aromatic heterocycles. The predicted molar refractivity (Wildman–Crippen MR) is 46.4 cm³/mol. The number of carbonyl (C=O) groups is 2. The summed E-state index contributed by atoms with van der Waals surface area (Å²) in [6.07, 6.45) is 1.35. The molecule has 2 rings (SSSR count). The first-order valence-corrected chi connectivity index (χ1v) is 4.32. The molecule has 1 aliphatic rings. The van der Waals surface area contributed by atoms with Gasteiger partial charge >= 0.3 is 11.9 Å². The molecule has 0 atom stereocenters. The highest BCUT2D eigenvalue weighted by molar-refractivity contribution is 9.10. The monoisotopic (exact) mass is 241 g/mol. The highest BCUT2D eigenvalue weighted by Crippen LogP contribution is 2.28. The van der Waals surface area contributed by atoms with Gasteiger partial charge in [-0.25, -0.2) is 9.59 Å². The predicted octanol–water partition coefficient (Wildman–Crippen LogP) is 1.46. The Morgan fingerprint density at radius 2 is 2.08 bits per heavy atom. The maximum Gasteiger partial charge on any atom is 0.348 e. The molecule has 66 valence electrons. The highest BCUT2D eigenvalue weighted by Gasteiger charge is 2.32. The van der Waals surface area contributed by atoms with Crippen LogP contribution in [0.1, 0.15) is 26.4 Å². The molecule has 1 aliphatic heterocycles. The number of ether oxygens (including phenoxy) is 1. The molecule has 0 bridgehead atoms. The standard InChI is InChI=1S/C8H4BrNO3/c1-3-6(9)5-4(2-10-3)7(11)13-8(5)12/h2H,1H3. The van der Waals surface area contributed by atoms with Gasteiger partial charge in [-0.05, 0) is 22.9 Å². The molecule has 5 heteroatoms. The fourth-order valence-corrected chi connectivity index (χ4v) is 1.60. The average molecular weight is 242 g/mol. The van der Waals surface area contributed by atoms with Crippen molar-refractivity contribution in [3.63, 3.8) is 0 Å². The van der Waals surface area contributed by atoms with Crippen LogP contribution in [-0.2, 0) is 4.74 Å². The van der Waals surface area contributed by atoms with Gasteiger partial charge in [-0.1, -0.05) is 0 Å². The molecule has 0 radical (unpaired) electrons. The molecule has 0 aliphatic carbocycles. The summed E-state index contributed by atoms with van der Waals surface area (Å²) in [5.41, 5.74) is 1.16. The first-order chi connectivity index (χ1) is 6.11. The van der Waals surface area contributed by atoms with Crippen LogP contribution >= 0.6 is 15.9 Å². The maximum absolute atomic E-state index is 11.1. The summed E-state index contributed by atoms with van der Waals surface area (Å²) in [4.78, 5) is 26.1. The average Bonchev–Trinajstić information content (AvgIpc) is 2.35. The molecule has 0 saturated heterocycles. The van der Waals surface area contributed by atoms with Gasteiger partial charge in [0.2, 0.25) is 0 Å². The van der Waals surface area contributed by atoms with Gasteiger partial charge < -0.3 is 4.74 Å². The fraction of sp³-hybridized carbons (Fsp3) is 0.125. The summed E-state index contributed by atoms with van der Waals surface area (Å²) >= 11 is 3.18. The zero-order valence-electron chi connectivity index (χ0n) is 6.63. The topological polar surface area (TPSA) is 56.3 Å². The van der Waals surface area contributed by atoms with Crippen LogP contribution in [0.25, 0.3) is 0 Å². The largest absolute Gasteiger partial charge is 0.386 e. The third-order valence-electron chi connectivity index (χ3n) is 1.80. The molecule has 0 unspecified atom stereocenters. The number of aryl methyl sites for hydroxylation is 1. The molecule has 4 nitrogen and oxygen atoms in total. The third-order valence-corrected chi connectivity index (χ3v) is 2.77. The van der Waals surface area contributed by atoms with E-state index in [0.717, 1.165) is 0 Å². The zero-order chi connectivity index (χ0) is 9.59. The lowest BCUT2D eigenvalue weighted by Gasteiger charge is -1.98. The lowest BCUT2D eigenvalue weighted by Crippen LogP contribution is -1.98. The zero-order valence-corrected chi connectivity index (χ0v) is 8.21. The van der Waals surface area contributed by atoms with E-state index < -0.39 is 11.9 Å². The van der Waals surface area contributed by atoms with Crippen LogP contribution in [0.4, 0.5) is 0 Å². The number of rotatable bonds is 0. The molecular formula is C8H4BrNO3. The minimum atomic E-state index is -0.631. The first-order valence-electron chi connectivity index (χ1n) is 3.53. The van der Waals surface area contributed by atoms with Gasteiger partial charge in [0, 0.05) is 6.20 Å². The Balaban J connectivity index is 2.78. The van der Waals surface area contributed by atoms with E-state index in [1.54, 1.807) is 6.92 Å². The van der Waals surface area contributed by atoms with Gasteiger partial charge in [-0.2, -0.15) is 0 Å². The molecule has 0 aromatic carbocycles. The second-order valence-electron chi connectivity index (χ2n) is 2.62. The normalized spacial score (nSPS) is 14.3. The summed E-state index contributed by atoms with van der Waals surface area (Å²) < 4.78 is 4.95. The molecule has 0 fully saturated rings. The lowest BCUT2D eigenvalue weighted by molar-refractivity contribution is 0.0443. The summed E-state index contributed by atoms with van der Waals surface area (Å²) in [5, 5.41) is 0. The Morgan fingerprint density at radius 1 is 1.38 bits per heavy atom. The van der Waals surface area contributed by atoms with Crippen molar-refractivity contribution in [2.24, 2.45) is 0 Å². The molecule has 0 saturated carbocycles. The maximum atomic E-state index is 11.1. The molecular weight excluding hydrogens is 238 g/mol. The van der Waals surface area contributed by atoms with Crippen molar-refractivity contribution in [2.45, 2.75) is 6.92 Å². The van der Waals surface area contributed by atoms with Crippen molar-refractivity contribution in [2.75, 3.05) is 0 Å². The van der Waals surface area contributed by atoms with E-state index in [1.807, 2.05) is 0 Å². The quantitative estimate of drug-likeness (QED) is 0.510. The number of fused-ring (bicyclic) bond motifs is 1. The van der Waals surface area contributed by atoms with Crippen molar-refractivity contribution < 1.29 is 14.3 Å². The number of hydrogen-bond acceptors (Lipinski definition) is 4. The summed E-state index contributed by atoms with van der Waals surface area (Å²) in [6, 6.07) is 0. The van der Waals surface area contributed by atoms with Crippen molar-refractivity contribution in [1.29, 1.82) is 0 Å². The molecule has 1 aromatic rings. The van der Waals surface area contributed by atoms with E-state index in [2.05, 4.69) is 25.7 Å².